The third kappa shape index (κ3) is 18.0. The van der Waals surface area contributed by atoms with Gasteiger partial charge in [0.05, 0.1) is 0 Å². The number of allylic oxidation sites excluding steroid dienone is 2. The van der Waals surface area contributed by atoms with Crippen molar-refractivity contribution in [3.63, 3.8) is 0 Å². The molecule has 4 nitrogen and oxygen atoms in total. The van der Waals surface area contributed by atoms with Gasteiger partial charge in [-0.2, -0.15) is 0 Å². The Labute approximate surface area is 92.8 Å². The van der Waals surface area contributed by atoms with E-state index in [1.807, 2.05) is 23.8 Å². The molecular formula is C4H11BNNaO3S. The van der Waals surface area contributed by atoms with Gasteiger partial charge in [-0.3, -0.25) is 0 Å². The van der Waals surface area contributed by atoms with Crippen LogP contribution in [0.2, 0.25) is 0 Å². The normalized spacial score (nSPS) is 10.7. The van der Waals surface area contributed by atoms with Gasteiger partial charge >= 0.3 is 37.2 Å². The summed E-state index contributed by atoms with van der Waals surface area (Å²) in [6.07, 6.45) is 5.84. The van der Waals surface area contributed by atoms with Crippen LogP contribution in [0.5, 0.6) is 0 Å². The Morgan fingerprint density at radius 1 is 1.27 bits per heavy atom. The zero-order valence-electron chi connectivity index (χ0n) is 5.32. The van der Waals surface area contributed by atoms with Crippen LogP contribution in [0.4, 0.5) is 0 Å². The predicted molar refractivity (Wildman–Crippen MR) is 51.4 cm³/mol. The molecule has 11 heavy (non-hydrogen) atoms. The van der Waals surface area contributed by atoms with E-state index in [9.17, 15) is 0 Å². The summed E-state index contributed by atoms with van der Waals surface area (Å²) in [6, 6.07) is 0. The molecule has 0 amide bonds. The maximum atomic E-state index is 7.12. The fourth-order valence-corrected chi connectivity index (χ4v) is 0.663. The maximum absolute atomic E-state index is 7.12. The quantitative estimate of drug-likeness (QED) is 0.303. The van der Waals surface area contributed by atoms with E-state index in [4.69, 9.17) is 10.0 Å². The van der Waals surface area contributed by atoms with Crippen LogP contribution in [0.1, 0.15) is 0 Å². The van der Waals surface area contributed by atoms with Crippen LogP contribution >= 0.6 is 11.9 Å². The molecule has 0 bridgehead atoms. The van der Waals surface area contributed by atoms with E-state index in [-0.39, 0.29) is 35.0 Å². The molecule has 1 aliphatic heterocycles. The Morgan fingerprint density at radius 3 is 1.91 bits per heavy atom. The fraction of sp³-hybridized carbons (Fsp3) is 0. The van der Waals surface area contributed by atoms with Crippen LogP contribution in [0, 0.1) is 0 Å². The van der Waals surface area contributed by atoms with Crippen LogP contribution in [0.25, 0.3) is 0 Å². The van der Waals surface area contributed by atoms with Crippen LogP contribution < -0.4 is 4.72 Å². The third-order valence-electron chi connectivity index (χ3n) is 0.490. The summed E-state index contributed by atoms with van der Waals surface area (Å²) < 4.78 is 2.93. The first kappa shape index (κ1) is 17.6. The third-order valence-corrected chi connectivity index (χ3v) is 1.06. The van der Waals surface area contributed by atoms with Gasteiger partial charge in [-0.15, -0.1) is 0 Å². The average molecular weight is 187 g/mol. The molecule has 0 aromatic rings. The van der Waals surface area contributed by atoms with E-state index in [0.29, 0.717) is 0 Å². The molecule has 0 saturated heterocycles. The molecule has 5 N–H and O–H groups in total. The summed E-state index contributed by atoms with van der Waals surface area (Å²) in [5.41, 5.74) is 0. The second-order valence-electron chi connectivity index (χ2n) is 1.06. The summed E-state index contributed by atoms with van der Waals surface area (Å²) in [6.45, 7) is 0. The van der Waals surface area contributed by atoms with Gasteiger partial charge in [0.25, 0.3) is 0 Å². The van der Waals surface area contributed by atoms with Gasteiger partial charge in [-0.1, -0.05) is 6.08 Å². The summed E-state index contributed by atoms with van der Waals surface area (Å²) in [5, 5.41) is 16.2. The average Bonchev–Trinajstić information content (AvgIpc) is 1.93. The topological polar surface area (TPSA) is 84.0 Å². The van der Waals surface area contributed by atoms with Gasteiger partial charge in [-0.05, 0) is 23.4 Å². The SMILES string of the molecule is C1=CNSC=C1.O.OBO.[NaH]. The number of hydrogen-bond donors (Lipinski definition) is 3. The Bertz CT molecular complexity index is 102. The van der Waals surface area contributed by atoms with Crippen molar-refractivity contribution in [2.45, 2.75) is 0 Å². The van der Waals surface area contributed by atoms with Crippen molar-refractivity contribution in [1.82, 2.24) is 4.72 Å². The van der Waals surface area contributed by atoms with Gasteiger partial charge in [-0.25, -0.2) is 0 Å². The Kier molecular flexibility index (Phi) is 27.0. The van der Waals surface area contributed by atoms with Gasteiger partial charge < -0.3 is 20.2 Å². The van der Waals surface area contributed by atoms with Crippen LogP contribution in [-0.4, -0.2) is 52.8 Å². The molecule has 1 aliphatic rings. The first-order valence-electron chi connectivity index (χ1n) is 2.36. The first-order valence-corrected chi connectivity index (χ1v) is 3.24. The van der Waals surface area contributed by atoms with Gasteiger partial charge in [0.2, 0.25) is 0 Å². The van der Waals surface area contributed by atoms with E-state index in [0.717, 1.165) is 0 Å². The predicted octanol–water partition coefficient (Wildman–Crippen LogP) is -1.97. The van der Waals surface area contributed by atoms with E-state index >= 15 is 0 Å². The molecule has 0 aliphatic carbocycles. The molecule has 7 heteroatoms. The van der Waals surface area contributed by atoms with Crippen LogP contribution in [0.3, 0.4) is 0 Å². The number of nitrogens with one attached hydrogen (secondary N) is 1. The van der Waals surface area contributed by atoms with Gasteiger partial charge in [0, 0.05) is 6.20 Å². The molecule has 1 heterocycles. The molecule has 0 aromatic carbocycles. The minimum atomic E-state index is -0.750. The van der Waals surface area contributed by atoms with Crippen molar-refractivity contribution < 1.29 is 15.5 Å². The van der Waals surface area contributed by atoms with Crippen molar-refractivity contribution in [3.8, 4) is 0 Å². The van der Waals surface area contributed by atoms with E-state index < -0.39 is 7.69 Å². The summed E-state index contributed by atoms with van der Waals surface area (Å²) in [7, 11) is -0.750. The zero-order valence-corrected chi connectivity index (χ0v) is 6.14. The molecule has 0 spiro atoms. The number of hydrogen-bond acceptors (Lipinski definition) is 4. The van der Waals surface area contributed by atoms with E-state index in [2.05, 4.69) is 4.72 Å². The van der Waals surface area contributed by atoms with Crippen molar-refractivity contribution in [3.05, 3.63) is 23.8 Å². The Balaban J connectivity index is -0.000000116. The first-order chi connectivity index (χ1) is 4.41. The number of rotatable bonds is 0. The molecule has 0 saturated carbocycles. The summed E-state index contributed by atoms with van der Waals surface area (Å²) in [4.78, 5) is 0. The Morgan fingerprint density at radius 2 is 1.82 bits per heavy atom. The van der Waals surface area contributed by atoms with E-state index in [1.54, 1.807) is 11.9 Å². The standard InChI is InChI=1S/C4H5NS.BH3O2.Na.H2O.H/c1-2-4-6-5-3-1;2-1-3;;;/h1-5H;1-3H;;1H2;. The summed E-state index contributed by atoms with van der Waals surface area (Å²) >= 11 is 1.58. The fourth-order valence-electron chi connectivity index (χ4n) is 0.258. The molecule has 0 fully saturated rings. The molecular weight excluding hydrogens is 176 g/mol. The van der Waals surface area contributed by atoms with Crippen molar-refractivity contribution >= 4 is 49.2 Å². The Hall–Kier alpha value is 0.575. The molecule has 0 aromatic heterocycles. The zero-order chi connectivity index (χ0) is 6.95. The van der Waals surface area contributed by atoms with Gasteiger partial charge in [0.1, 0.15) is 0 Å². The molecule has 60 valence electrons. The molecule has 0 atom stereocenters. The summed E-state index contributed by atoms with van der Waals surface area (Å²) in [5.74, 6) is 0. The monoisotopic (exact) mass is 187 g/mol. The molecule has 0 unspecified atom stereocenters. The van der Waals surface area contributed by atoms with Gasteiger partial charge in [0.15, 0.2) is 0 Å². The minimum absolute atomic E-state index is 0. The molecule has 1 rings (SSSR count). The molecule has 0 radical (unpaired) electrons. The van der Waals surface area contributed by atoms with Crippen molar-refractivity contribution in [2.75, 3.05) is 0 Å². The second-order valence-corrected chi connectivity index (χ2v) is 1.81. The van der Waals surface area contributed by atoms with Crippen molar-refractivity contribution in [2.24, 2.45) is 0 Å². The van der Waals surface area contributed by atoms with E-state index in [1.165, 1.54) is 0 Å². The second kappa shape index (κ2) is 16.9. The van der Waals surface area contributed by atoms with Crippen molar-refractivity contribution in [1.29, 1.82) is 0 Å². The van der Waals surface area contributed by atoms with Crippen LogP contribution in [0.15, 0.2) is 23.8 Å². The van der Waals surface area contributed by atoms with Crippen LogP contribution in [-0.2, 0) is 0 Å².